The summed E-state index contributed by atoms with van der Waals surface area (Å²) in [4.78, 5) is 24.8. The van der Waals surface area contributed by atoms with Crippen molar-refractivity contribution in [2.45, 2.75) is 58.3 Å². The zero-order valence-corrected chi connectivity index (χ0v) is 13.2. The minimum Gasteiger partial charge on any atom is -0.354 e. The molecule has 1 saturated heterocycles. The first-order valence-corrected chi connectivity index (χ1v) is 7.51. The Kier molecular flexibility index (Phi) is 6.49. The van der Waals surface area contributed by atoms with E-state index in [4.69, 9.17) is 0 Å². The third kappa shape index (κ3) is 6.11. The van der Waals surface area contributed by atoms with Gasteiger partial charge in [0.05, 0.1) is 5.92 Å². The van der Waals surface area contributed by atoms with Crippen molar-refractivity contribution in [1.82, 2.24) is 15.5 Å². The average molecular weight is 323 g/mol. The van der Waals surface area contributed by atoms with E-state index in [0.29, 0.717) is 13.0 Å². The van der Waals surface area contributed by atoms with Crippen molar-refractivity contribution in [3.05, 3.63) is 0 Å². The highest BCUT2D eigenvalue weighted by Crippen LogP contribution is 2.33. The average Bonchev–Trinajstić information content (AvgIpc) is 2.36. The van der Waals surface area contributed by atoms with E-state index in [1.54, 1.807) is 6.92 Å². The molecule has 0 spiro atoms. The fraction of sp³-hybridized carbons (Fsp3) is 0.857. The van der Waals surface area contributed by atoms with E-state index in [1.165, 1.54) is 4.90 Å². The molecule has 0 saturated carbocycles. The maximum Gasteiger partial charge on any atom is 0.393 e. The summed E-state index contributed by atoms with van der Waals surface area (Å²) in [5.74, 6) is -1.67. The van der Waals surface area contributed by atoms with Gasteiger partial charge in [-0.1, -0.05) is 0 Å². The number of rotatable bonds is 4. The van der Waals surface area contributed by atoms with E-state index >= 15 is 0 Å². The second-order valence-electron chi connectivity index (χ2n) is 6.10. The lowest BCUT2D eigenvalue weighted by molar-refractivity contribution is -0.184. The van der Waals surface area contributed by atoms with Crippen LogP contribution in [0.5, 0.6) is 0 Å². The first kappa shape index (κ1) is 18.6. The third-order valence-corrected chi connectivity index (χ3v) is 3.48. The predicted octanol–water partition coefficient (Wildman–Crippen LogP) is 2.27. The molecule has 0 aromatic carbocycles. The van der Waals surface area contributed by atoms with Crippen molar-refractivity contribution >= 4 is 11.9 Å². The van der Waals surface area contributed by atoms with Crippen LogP contribution in [0.4, 0.5) is 18.0 Å². The highest BCUT2D eigenvalue weighted by molar-refractivity contribution is 5.79. The molecule has 1 rings (SSSR count). The molecule has 8 heteroatoms. The summed E-state index contributed by atoms with van der Waals surface area (Å²) >= 11 is 0. The van der Waals surface area contributed by atoms with E-state index in [1.807, 2.05) is 13.8 Å². The van der Waals surface area contributed by atoms with E-state index < -0.39 is 24.2 Å². The molecule has 0 bridgehead atoms. The van der Waals surface area contributed by atoms with Crippen molar-refractivity contribution in [2.24, 2.45) is 5.92 Å². The van der Waals surface area contributed by atoms with Crippen LogP contribution in [0.2, 0.25) is 0 Å². The van der Waals surface area contributed by atoms with Gasteiger partial charge in [-0.2, -0.15) is 13.2 Å². The fourth-order valence-corrected chi connectivity index (χ4v) is 2.44. The van der Waals surface area contributed by atoms with Crippen LogP contribution < -0.4 is 10.6 Å². The van der Waals surface area contributed by atoms with E-state index in [-0.39, 0.29) is 31.3 Å². The standard InChI is InChI=1S/C14H24F3N3O2/c1-9(2)18-12(21)7-10(3)19-13(22)20-6-4-5-11(8-20)14(15,16)17/h9-11H,4-8H2,1-3H3,(H,18,21)(H,19,22)/t10-,11+/m0/s1. The largest absolute Gasteiger partial charge is 0.393 e. The van der Waals surface area contributed by atoms with Gasteiger partial charge >= 0.3 is 12.2 Å². The highest BCUT2D eigenvalue weighted by Gasteiger charge is 2.42. The number of piperidine rings is 1. The van der Waals surface area contributed by atoms with E-state index in [9.17, 15) is 22.8 Å². The number of urea groups is 1. The number of alkyl halides is 3. The second-order valence-corrected chi connectivity index (χ2v) is 6.10. The number of amides is 3. The Balaban J connectivity index is 2.45. The SMILES string of the molecule is CC(C)NC(=O)C[C@H](C)NC(=O)N1CCC[C@@H](C(F)(F)F)C1. The summed E-state index contributed by atoms with van der Waals surface area (Å²) in [5, 5.41) is 5.29. The maximum atomic E-state index is 12.7. The number of carbonyl (C=O) groups is 2. The molecule has 128 valence electrons. The third-order valence-electron chi connectivity index (χ3n) is 3.48. The molecule has 1 fully saturated rings. The Hall–Kier alpha value is -1.47. The van der Waals surface area contributed by atoms with Crippen LogP contribution in [0.25, 0.3) is 0 Å². The van der Waals surface area contributed by atoms with Crippen LogP contribution in [-0.2, 0) is 4.79 Å². The summed E-state index contributed by atoms with van der Waals surface area (Å²) in [7, 11) is 0. The number of nitrogens with zero attached hydrogens (tertiary/aromatic N) is 1. The first-order chi connectivity index (χ1) is 10.1. The molecule has 0 aromatic rings. The van der Waals surface area contributed by atoms with Crippen molar-refractivity contribution in [3.8, 4) is 0 Å². The van der Waals surface area contributed by atoms with Crippen molar-refractivity contribution < 1.29 is 22.8 Å². The Morgan fingerprint density at radius 3 is 2.41 bits per heavy atom. The number of carbonyl (C=O) groups excluding carboxylic acids is 2. The number of hydrogen-bond donors (Lipinski definition) is 2. The van der Waals surface area contributed by atoms with Crippen LogP contribution in [0, 0.1) is 5.92 Å². The van der Waals surface area contributed by atoms with Crippen LogP contribution >= 0.6 is 0 Å². The molecule has 5 nitrogen and oxygen atoms in total. The zero-order valence-electron chi connectivity index (χ0n) is 13.2. The Bertz CT molecular complexity index is 399. The summed E-state index contributed by atoms with van der Waals surface area (Å²) in [5.41, 5.74) is 0. The van der Waals surface area contributed by atoms with Crippen LogP contribution in [0.1, 0.15) is 40.0 Å². The van der Waals surface area contributed by atoms with Gasteiger partial charge in [0.15, 0.2) is 0 Å². The molecule has 3 amide bonds. The lowest BCUT2D eigenvalue weighted by Gasteiger charge is -2.34. The van der Waals surface area contributed by atoms with Gasteiger partial charge in [0.1, 0.15) is 0 Å². The van der Waals surface area contributed by atoms with Crippen molar-refractivity contribution in [1.29, 1.82) is 0 Å². The van der Waals surface area contributed by atoms with E-state index in [2.05, 4.69) is 10.6 Å². The second kappa shape index (κ2) is 7.69. The van der Waals surface area contributed by atoms with Crippen LogP contribution in [0.15, 0.2) is 0 Å². The summed E-state index contributed by atoms with van der Waals surface area (Å²) in [6.45, 7) is 5.30. The number of likely N-dealkylation sites (tertiary alicyclic amines) is 1. The molecule has 0 radical (unpaired) electrons. The van der Waals surface area contributed by atoms with Crippen LogP contribution in [-0.4, -0.2) is 48.2 Å². The predicted molar refractivity (Wildman–Crippen MR) is 76.2 cm³/mol. The zero-order chi connectivity index (χ0) is 16.9. The minimum absolute atomic E-state index is 0.00467. The van der Waals surface area contributed by atoms with Gasteiger partial charge in [0.2, 0.25) is 5.91 Å². The normalized spacial score (nSPS) is 20.7. The topological polar surface area (TPSA) is 61.4 Å². The van der Waals surface area contributed by atoms with Crippen molar-refractivity contribution in [2.75, 3.05) is 13.1 Å². The van der Waals surface area contributed by atoms with Crippen LogP contribution in [0.3, 0.4) is 0 Å². The van der Waals surface area contributed by atoms with Gasteiger partial charge < -0.3 is 15.5 Å². The smallest absolute Gasteiger partial charge is 0.354 e. The Labute approximate surface area is 128 Å². The number of hydrogen-bond acceptors (Lipinski definition) is 2. The molecule has 0 aromatic heterocycles. The minimum atomic E-state index is -4.28. The molecular formula is C14H24F3N3O2. The molecule has 1 aliphatic rings. The number of halogens is 3. The van der Waals surface area contributed by atoms with Gasteiger partial charge in [-0.3, -0.25) is 4.79 Å². The number of nitrogens with one attached hydrogen (secondary N) is 2. The lowest BCUT2D eigenvalue weighted by atomic mass is 9.98. The highest BCUT2D eigenvalue weighted by atomic mass is 19.4. The maximum absolute atomic E-state index is 12.7. The summed E-state index contributed by atoms with van der Waals surface area (Å²) in [6, 6.07) is -0.971. The molecule has 1 aliphatic heterocycles. The quantitative estimate of drug-likeness (QED) is 0.834. The Morgan fingerprint density at radius 2 is 1.86 bits per heavy atom. The van der Waals surface area contributed by atoms with Gasteiger partial charge in [-0.05, 0) is 33.6 Å². The fourth-order valence-electron chi connectivity index (χ4n) is 2.44. The van der Waals surface area contributed by atoms with Gasteiger partial charge in [0, 0.05) is 31.6 Å². The van der Waals surface area contributed by atoms with Gasteiger partial charge in [-0.25, -0.2) is 4.79 Å². The molecule has 2 N–H and O–H groups in total. The molecular weight excluding hydrogens is 299 g/mol. The van der Waals surface area contributed by atoms with Gasteiger partial charge in [0.25, 0.3) is 0 Å². The molecule has 22 heavy (non-hydrogen) atoms. The molecule has 2 atom stereocenters. The molecule has 1 heterocycles. The first-order valence-electron chi connectivity index (χ1n) is 7.51. The van der Waals surface area contributed by atoms with Gasteiger partial charge in [-0.15, -0.1) is 0 Å². The molecule has 0 unspecified atom stereocenters. The van der Waals surface area contributed by atoms with Crippen molar-refractivity contribution in [3.63, 3.8) is 0 Å². The summed E-state index contributed by atoms with van der Waals surface area (Å²) < 4.78 is 38.2. The molecule has 0 aliphatic carbocycles. The summed E-state index contributed by atoms with van der Waals surface area (Å²) in [6.07, 6.45) is -3.79. The Morgan fingerprint density at radius 1 is 1.23 bits per heavy atom. The van der Waals surface area contributed by atoms with E-state index in [0.717, 1.165) is 0 Å². The monoisotopic (exact) mass is 323 g/mol. The lowest BCUT2D eigenvalue weighted by Crippen LogP contribution is -2.51.